The van der Waals surface area contributed by atoms with Crippen LogP contribution in [0.2, 0.25) is 5.02 Å². The van der Waals surface area contributed by atoms with Crippen molar-refractivity contribution in [2.75, 3.05) is 33.4 Å². The van der Waals surface area contributed by atoms with Crippen molar-refractivity contribution in [1.82, 2.24) is 10.2 Å². The molecule has 1 aromatic rings. The Kier molecular flexibility index (Phi) is 10.5. The predicted octanol–water partition coefficient (Wildman–Crippen LogP) is 3.90. The van der Waals surface area contributed by atoms with Crippen molar-refractivity contribution >= 4 is 29.9 Å². The van der Waals surface area contributed by atoms with Gasteiger partial charge in [0, 0.05) is 31.6 Å². The van der Waals surface area contributed by atoms with Crippen LogP contribution in [0.3, 0.4) is 0 Å². The standard InChI is InChI=1S/C19H28ClFN2O2.ClH/c1-14(15-5-7-22-8-6-15)11-19(24)23(9-10-25-2)13-16-3-4-17(21)12-18(16)20;/h3-4,12,14-15,22H,5-11,13H2,1-2H3;1H. The first kappa shape index (κ1) is 23.2. The number of ether oxygens (including phenoxy) is 1. The first-order chi connectivity index (χ1) is 12.0. The largest absolute Gasteiger partial charge is 0.383 e. The van der Waals surface area contributed by atoms with Gasteiger partial charge in [0.05, 0.1) is 6.61 Å². The normalized spacial score (nSPS) is 16.0. The fourth-order valence-electron chi connectivity index (χ4n) is 3.33. The van der Waals surface area contributed by atoms with Crippen molar-refractivity contribution < 1.29 is 13.9 Å². The third kappa shape index (κ3) is 7.03. The second kappa shape index (κ2) is 11.8. The van der Waals surface area contributed by atoms with Gasteiger partial charge in [0.25, 0.3) is 0 Å². The summed E-state index contributed by atoms with van der Waals surface area (Å²) in [5.41, 5.74) is 0.752. The van der Waals surface area contributed by atoms with Gasteiger partial charge in [-0.2, -0.15) is 0 Å². The lowest BCUT2D eigenvalue weighted by atomic mass is 9.84. The van der Waals surface area contributed by atoms with Gasteiger partial charge in [-0.15, -0.1) is 12.4 Å². The van der Waals surface area contributed by atoms with Crippen molar-refractivity contribution in [3.63, 3.8) is 0 Å². The van der Waals surface area contributed by atoms with Crippen molar-refractivity contribution in [2.45, 2.75) is 32.7 Å². The molecule has 148 valence electrons. The average Bonchev–Trinajstić information content (AvgIpc) is 2.61. The number of methoxy groups -OCH3 is 1. The highest BCUT2D eigenvalue weighted by atomic mass is 35.5. The molecule has 1 aromatic carbocycles. The second-order valence-corrected chi connectivity index (χ2v) is 7.22. The number of nitrogens with one attached hydrogen (secondary N) is 1. The van der Waals surface area contributed by atoms with E-state index >= 15 is 0 Å². The van der Waals surface area contributed by atoms with E-state index in [0.717, 1.165) is 31.5 Å². The first-order valence-corrected chi connectivity index (χ1v) is 9.30. The highest BCUT2D eigenvalue weighted by molar-refractivity contribution is 6.31. The molecule has 4 nitrogen and oxygen atoms in total. The summed E-state index contributed by atoms with van der Waals surface area (Å²) in [6.45, 7) is 5.56. The number of hydrogen-bond acceptors (Lipinski definition) is 3. The maximum atomic E-state index is 13.2. The number of piperidine rings is 1. The molecule has 1 amide bonds. The maximum Gasteiger partial charge on any atom is 0.223 e. The number of amides is 1. The van der Waals surface area contributed by atoms with Gasteiger partial charge in [-0.05, 0) is 55.5 Å². The van der Waals surface area contributed by atoms with E-state index < -0.39 is 0 Å². The number of nitrogens with zero attached hydrogens (tertiary/aromatic N) is 1. The van der Waals surface area contributed by atoms with E-state index in [0.29, 0.717) is 43.0 Å². The number of halogens is 3. The molecule has 2 rings (SSSR count). The van der Waals surface area contributed by atoms with Crippen LogP contribution in [0.5, 0.6) is 0 Å². The summed E-state index contributed by atoms with van der Waals surface area (Å²) in [6.07, 6.45) is 2.76. The molecule has 0 spiro atoms. The number of carbonyl (C=O) groups is 1. The van der Waals surface area contributed by atoms with E-state index in [2.05, 4.69) is 12.2 Å². The molecular weight excluding hydrogens is 378 g/mol. The minimum absolute atomic E-state index is 0. The van der Waals surface area contributed by atoms with E-state index in [1.54, 1.807) is 18.1 Å². The number of rotatable bonds is 8. The lowest BCUT2D eigenvalue weighted by Gasteiger charge is -2.30. The SMILES string of the molecule is COCCN(Cc1ccc(F)cc1Cl)C(=O)CC(C)C1CCNCC1.Cl. The van der Waals surface area contributed by atoms with Crippen molar-refractivity contribution in [3.05, 3.63) is 34.6 Å². The zero-order chi connectivity index (χ0) is 18.2. The highest BCUT2D eigenvalue weighted by Crippen LogP contribution is 2.26. The molecule has 0 radical (unpaired) electrons. The van der Waals surface area contributed by atoms with Gasteiger partial charge >= 0.3 is 0 Å². The summed E-state index contributed by atoms with van der Waals surface area (Å²) in [7, 11) is 1.62. The number of benzene rings is 1. The van der Waals surface area contributed by atoms with Crippen molar-refractivity contribution in [1.29, 1.82) is 0 Å². The molecule has 1 heterocycles. The molecule has 1 saturated heterocycles. The topological polar surface area (TPSA) is 41.6 Å². The fraction of sp³-hybridized carbons (Fsp3) is 0.632. The summed E-state index contributed by atoms with van der Waals surface area (Å²) in [6, 6.07) is 4.30. The van der Waals surface area contributed by atoms with E-state index in [1.807, 2.05) is 0 Å². The fourth-order valence-corrected chi connectivity index (χ4v) is 3.56. The van der Waals surface area contributed by atoms with E-state index in [9.17, 15) is 9.18 Å². The molecule has 1 aliphatic heterocycles. The van der Waals surface area contributed by atoms with Gasteiger partial charge in [-0.25, -0.2) is 4.39 Å². The van der Waals surface area contributed by atoms with Crippen LogP contribution >= 0.6 is 24.0 Å². The third-order valence-corrected chi connectivity index (χ3v) is 5.33. The monoisotopic (exact) mass is 406 g/mol. The van der Waals surface area contributed by atoms with Crippen LogP contribution in [0.4, 0.5) is 4.39 Å². The Morgan fingerprint density at radius 3 is 2.73 bits per heavy atom. The molecule has 0 aliphatic carbocycles. The molecule has 1 fully saturated rings. The molecule has 26 heavy (non-hydrogen) atoms. The van der Waals surface area contributed by atoms with Crippen LogP contribution in [0, 0.1) is 17.7 Å². The zero-order valence-electron chi connectivity index (χ0n) is 15.5. The van der Waals surface area contributed by atoms with Crippen molar-refractivity contribution in [3.8, 4) is 0 Å². The van der Waals surface area contributed by atoms with E-state index in [1.165, 1.54) is 12.1 Å². The van der Waals surface area contributed by atoms with Crippen molar-refractivity contribution in [2.24, 2.45) is 11.8 Å². The highest BCUT2D eigenvalue weighted by Gasteiger charge is 2.24. The molecule has 0 saturated carbocycles. The molecule has 7 heteroatoms. The maximum absolute atomic E-state index is 13.2. The zero-order valence-corrected chi connectivity index (χ0v) is 17.0. The molecule has 1 unspecified atom stereocenters. The van der Waals surface area contributed by atoms with Crippen LogP contribution in [0.25, 0.3) is 0 Å². The Balaban J connectivity index is 0.00000338. The van der Waals surface area contributed by atoms with E-state index in [4.69, 9.17) is 16.3 Å². The Morgan fingerprint density at radius 1 is 1.42 bits per heavy atom. The van der Waals surface area contributed by atoms with E-state index in [-0.39, 0.29) is 24.1 Å². The predicted molar refractivity (Wildman–Crippen MR) is 105 cm³/mol. The molecule has 0 aromatic heterocycles. The summed E-state index contributed by atoms with van der Waals surface area (Å²) < 4.78 is 18.4. The minimum Gasteiger partial charge on any atom is -0.383 e. The van der Waals surface area contributed by atoms with Gasteiger partial charge in [0.1, 0.15) is 5.82 Å². The Labute approximate surface area is 166 Å². The molecule has 1 aliphatic rings. The van der Waals surface area contributed by atoms with Gasteiger partial charge < -0.3 is 15.0 Å². The average molecular weight is 407 g/mol. The summed E-state index contributed by atoms with van der Waals surface area (Å²) in [4.78, 5) is 14.6. The Morgan fingerprint density at radius 2 is 2.12 bits per heavy atom. The van der Waals surface area contributed by atoms with Crippen LogP contribution in [-0.2, 0) is 16.1 Å². The minimum atomic E-state index is -0.372. The molecule has 1 N–H and O–H groups in total. The lowest BCUT2D eigenvalue weighted by molar-refractivity contribution is -0.133. The quantitative estimate of drug-likeness (QED) is 0.711. The van der Waals surface area contributed by atoms with Crippen LogP contribution in [-0.4, -0.2) is 44.2 Å². The first-order valence-electron chi connectivity index (χ1n) is 8.92. The summed E-state index contributed by atoms with van der Waals surface area (Å²) in [5.74, 6) is 0.666. The van der Waals surface area contributed by atoms with Gasteiger partial charge in [-0.1, -0.05) is 24.6 Å². The smallest absolute Gasteiger partial charge is 0.223 e. The van der Waals surface area contributed by atoms with Gasteiger partial charge in [0.2, 0.25) is 5.91 Å². The summed E-state index contributed by atoms with van der Waals surface area (Å²) >= 11 is 6.12. The summed E-state index contributed by atoms with van der Waals surface area (Å²) in [5, 5.41) is 3.71. The molecular formula is C19H29Cl2FN2O2. The van der Waals surface area contributed by atoms with Crippen LogP contribution in [0.1, 0.15) is 31.7 Å². The number of hydrogen-bond donors (Lipinski definition) is 1. The molecule has 1 atom stereocenters. The van der Waals surface area contributed by atoms with Crippen LogP contribution < -0.4 is 5.32 Å². The number of carbonyl (C=O) groups excluding carboxylic acids is 1. The third-order valence-electron chi connectivity index (χ3n) is 4.98. The Bertz CT molecular complexity index is 568. The lowest BCUT2D eigenvalue weighted by Crippen LogP contribution is -2.37. The van der Waals surface area contributed by atoms with Crippen LogP contribution in [0.15, 0.2) is 18.2 Å². The second-order valence-electron chi connectivity index (χ2n) is 6.81. The van der Waals surface area contributed by atoms with Gasteiger partial charge in [0.15, 0.2) is 0 Å². The molecule has 0 bridgehead atoms. The Hall–Kier alpha value is -0.880. The van der Waals surface area contributed by atoms with Gasteiger partial charge in [-0.3, -0.25) is 4.79 Å².